The van der Waals surface area contributed by atoms with Crippen molar-refractivity contribution in [2.75, 3.05) is 5.73 Å². The van der Waals surface area contributed by atoms with Crippen LogP contribution in [0.15, 0.2) is 17.8 Å². The van der Waals surface area contributed by atoms with E-state index >= 15 is 0 Å². The van der Waals surface area contributed by atoms with Gasteiger partial charge in [-0.05, 0) is 0 Å². The molecule has 0 amide bonds. The molecule has 0 spiro atoms. The molecule has 0 saturated heterocycles. The fourth-order valence-corrected chi connectivity index (χ4v) is 1.80. The van der Waals surface area contributed by atoms with Gasteiger partial charge >= 0.3 is 0 Å². The summed E-state index contributed by atoms with van der Waals surface area (Å²) >= 11 is 1.34. The monoisotopic (exact) mass is 222 g/mol. The van der Waals surface area contributed by atoms with Crippen LogP contribution in [-0.4, -0.2) is 20.5 Å². The second-order valence-corrected chi connectivity index (χ2v) is 4.07. The molecule has 2 N–H and O–H groups in total. The highest BCUT2D eigenvalue weighted by atomic mass is 32.1. The van der Waals surface area contributed by atoms with Gasteiger partial charge in [-0.15, -0.1) is 11.3 Å². The number of rotatable bonds is 3. The molecule has 2 aromatic rings. The van der Waals surface area contributed by atoms with Crippen LogP contribution in [0.3, 0.4) is 0 Å². The summed E-state index contributed by atoms with van der Waals surface area (Å²) in [6.45, 7) is 0. The SMILES string of the molecule is Cn1cc(C(=O)Cc2csc(N)n2)cn1. The molecule has 0 radical (unpaired) electrons. The zero-order valence-corrected chi connectivity index (χ0v) is 8.99. The van der Waals surface area contributed by atoms with E-state index in [1.54, 1.807) is 29.5 Å². The molecule has 2 rings (SSSR count). The largest absolute Gasteiger partial charge is 0.375 e. The van der Waals surface area contributed by atoms with Crippen LogP contribution in [0.1, 0.15) is 16.1 Å². The van der Waals surface area contributed by atoms with Crippen molar-refractivity contribution in [1.29, 1.82) is 0 Å². The zero-order valence-electron chi connectivity index (χ0n) is 8.17. The predicted octanol–water partition coefficient (Wildman–Crippen LogP) is 0.884. The standard InChI is InChI=1S/C9H10N4OS/c1-13-4-6(3-11-13)8(14)2-7-5-15-9(10)12-7/h3-5H,2H2,1H3,(H2,10,12). The summed E-state index contributed by atoms with van der Waals surface area (Å²) in [6, 6.07) is 0. The molecule has 2 aromatic heterocycles. The van der Waals surface area contributed by atoms with Crippen molar-refractivity contribution in [3.8, 4) is 0 Å². The Bertz CT molecular complexity index is 488. The summed E-state index contributed by atoms with van der Waals surface area (Å²) in [4.78, 5) is 15.7. The third-order valence-electron chi connectivity index (χ3n) is 1.94. The van der Waals surface area contributed by atoms with Crippen molar-refractivity contribution in [3.63, 3.8) is 0 Å². The number of hydrogen-bond acceptors (Lipinski definition) is 5. The lowest BCUT2D eigenvalue weighted by molar-refractivity contribution is 0.0992. The number of Topliss-reactive ketones (excluding diaryl/α,β-unsaturated/α-hetero) is 1. The number of nitrogens with two attached hydrogens (primary N) is 1. The summed E-state index contributed by atoms with van der Waals surface area (Å²) in [6.07, 6.45) is 3.52. The van der Waals surface area contributed by atoms with Crippen LogP contribution in [0.2, 0.25) is 0 Å². The van der Waals surface area contributed by atoms with Crippen molar-refractivity contribution in [1.82, 2.24) is 14.8 Å². The number of nitrogen functional groups attached to an aromatic ring is 1. The topological polar surface area (TPSA) is 73.8 Å². The van der Waals surface area contributed by atoms with Crippen LogP contribution >= 0.6 is 11.3 Å². The first-order chi connectivity index (χ1) is 7.15. The molecule has 0 unspecified atom stereocenters. The molecular weight excluding hydrogens is 212 g/mol. The number of carbonyl (C=O) groups excluding carboxylic acids is 1. The Hall–Kier alpha value is -1.69. The number of anilines is 1. The second kappa shape index (κ2) is 3.82. The minimum absolute atomic E-state index is 0.00778. The Balaban J connectivity index is 2.10. The molecule has 0 aliphatic heterocycles. The third kappa shape index (κ3) is 2.21. The minimum Gasteiger partial charge on any atom is -0.375 e. The Morgan fingerprint density at radius 3 is 3.00 bits per heavy atom. The van der Waals surface area contributed by atoms with Crippen LogP contribution in [0.5, 0.6) is 0 Å². The van der Waals surface area contributed by atoms with Crippen molar-refractivity contribution >= 4 is 22.3 Å². The maximum Gasteiger partial charge on any atom is 0.180 e. The van der Waals surface area contributed by atoms with E-state index in [1.807, 2.05) is 0 Å². The fraction of sp³-hybridized carbons (Fsp3) is 0.222. The molecule has 0 atom stereocenters. The van der Waals surface area contributed by atoms with Gasteiger partial charge in [0.1, 0.15) is 0 Å². The molecule has 0 bridgehead atoms. The fourth-order valence-electron chi connectivity index (χ4n) is 1.24. The highest BCUT2D eigenvalue weighted by Crippen LogP contribution is 2.13. The molecule has 78 valence electrons. The van der Waals surface area contributed by atoms with Gasteiger partial charge in [0.2, 0.25) is 0 Å². The van der Waals surface area contributed by atoms with Crippen LogP contribution in [0.4, 0.5) is 5.13 Å². The molecule has 0 aliphatic rings. The maximum absolute atomic E-state index is 11.7. The number of aromatic nitrogens is 3. The Morgan fingerprint density at radius 2 is 2.47 bits per heavy atom. The quantitative estimate of drug-likeness (QED) is 0.782. The van der Waals surface area contributed by atoms with Crippen LogP contribution < -0.4 is 5.73 Å². The van der Waals surface area contributed by atoms with Gasteiger partial charge in [0, 0.05) is 18.6 Å². The van der Waals surface area contributed by atoms with Crippen molar-refractivity contribution in [2.45, 2.75) is 6.42 Å². The first-order valence-corrected chi connectivity index (χ1v) is 5.25. The molecule has 0 aliphatic carbocycles. The molecular formula is C9H10N4OS. The van der Waals surface area contributed by atoms with Gasteiger partial charge in [-0.3, -0.25) is 9.48 Å². The Kier molecular flexibility index (Phi) is 2.51. The van der Waals surface area contributed by atoms with Gasteiger partial charge in [-0.1, -0.05) is 0 Å². The summed E-state index contributed by atoms with van der Waals surface area (Å²) in [5.41, 5.74) is 6.79. The first-order valence-electron chi connectivity index (χ1n) is 4.37. The lowest BCUT2D eigenvalue weighted by atomic mass is 10.1. The average molecular weight is 222 g/mol. The van der Waals surface area contributed by atoms with E-state index in [4.69, 9.17) is 5.73 Å². The van der Waals surface area contributed by atoms with Gasteiger partial charge in [-0.2, -0.15) is 5.10 Å². The molecule has 15 heavy (non-hydrogen) atoms. The van der Waals surface area contributed by atoms with Gasteiger partial charge in [0.05, 0.1) is 23.9 Å². The summed E-state index contributed by atoms with van der Waals surface area (Å²) in [5.74, 6) is 0.00778. The van der Waals surface area contributed by atoms with Crippen molar-refractivity contribution < 1.29 is 4.79 Å². The second-order valence-electron chi connectivity index (χ2n) is 3.18. The lowest BCUT2D eigenvalue weighted by Crippen LogP contribution is -2.02. The zero-order chi connectivity index (χ0) is 10.8. The van der Waals surface area contributed by atoms with E-state index in [9.17, 15) is 4.79 Å². The summed E-state index contributed by atoms with van der Waals surface area (Å²) < 4.78 is 1.60. The molecule has 2 heterocycles. The molecule has 5 nitrogen and oxygen atoms in total. The van der Waals surface area contributed by atoms with Gasteiger partial charge in [-0.25, -0.2) is 4.98 Å². The molecule has 0 saturated carbocycles. The number of hydrogen-bond donors (Lipinski definition) is 1. The van der Waals surface area contributed by atoms with Crippen molar-refractivity contribution in [3.05, 3.63) is 29.0 Å². The van der Waals surface area contributed by atoms with Gasteiger partial charge in [0.25, 0.3) is 0 Å². The van der Waals surface area contributed by atoms with Gasteiger partial charge in [0.15, 0.2) is 10.9 Å². The minimum atomic E-state index is 0.00778. The summed E-state index contributed by atoms with van der Waals surface area (Å²) in [7, 11) is 1.78. The van der Waals surface area contributed by atoms with E-state index in [-0.39, 0.29) is 12.2 Å². The first kappa shape index (κ1) is 9.85. The van der Waals surface area contributed by atoms with Crippen molar-refractivity contribution in [2.24, 2.45) is 7.05 Å². The smallest absolute Gasteiger partial charge is 0.180 e. The molecule has 0 fully saturated rings. The normalized spacial score (nSPS) is 10.5. The van der Waals surface area contributed by atoms with E-state index in [0.29, 0.717) is 16.4 Å². The number of ketones is 1. The highest BCUT2D eigenvalue weighted by Gasteiger charge is 2.10. The number of thiazole rings is 1. The molecule has 0 aromatic carbocycles. The summed E-state index contributed by atoms with van der Waals surface area (Å²) in [5, 5.41) is 6.22. The number of carbonyl (C=O) groups is 1. The van der Waals surface area contributed by atoms with E-state index < -0.39 is 0 Å². The highest BCUT2D eigenvalue weighted by molar-refractivity contribution is 7.13. The van der Waals surface area contributed by atoms with E-state index in [1.165, 1.54) is 11.3 Å². The molecule has 6 heteroatoms. The maximum atomic E-state index is 11.7. The van der Waals surface area contributed by atoms with Crippen LogP contribution in [0.25, 0.3) is 0 Å². The lowest BCUT2D eigenvalue weighted by Gasteiger charge is -1.92. The average Bonchev–Trinajstić information content (AvgIpc) is 2.75. The Morgan fingerprint density at radius 1 is 1.67 bits per heavy atom. The van der Waals surface area contributed by atoms with E-state index in [0.717, 1.165) is 0 Å². The van der Waals surface area contributed by atoms with Crippen LogP contribution in [-0.2, 0) is 13.5 Å². The van der Waals surface area contributed by atoms with Crippen LogP contribution in [0, 0.1) is 0 Å². The Labute approximate surface area is 90.6 Å². The third-order valence-corrected chi connectivity index (χ3v) is 2.66. The van der Waals surface area contributed by atoms with E-state index in [2.05, 4.69) is 10.1 Å². The predicted molar refractivity (Wildman–Crippen MR) is 57.8 cm³/mol. The van der Waals surface area contributed by atoms with Gasteiger partial charge < -0.3 is 5.73 Å². The number of aryl methyl sites for hydroxylation is 1. The number of nitrogens with zero attached hydrogens (tertiary/aromatic N) is 3.